The molecule has 0 spiro atoms. The molecule has 0 saturated carbocycles. The van der Waals surface area contributed by atoms with Crippen LogP contribution in [0.4, 0.5) is 11.4 Å². The maximum Gasteiger partial charge on any atom is 0.269 e. The number of rotatable bonds is 8. The lowest BCUT2D eigenvalue weighted by Gasteiger charge is -2.07. The molecule has 0 atom stereocenters. The molecule has 2 N–H and O–H groups in total. The average Bonchev–Trinajstić information content (AvgIpc) is 2.58. The summed E-state index contributed by atoms with van der Waals surface area (Å²) in [6, 6.07) is 11.8. The highest BCUT2D eigenvalue weighted by atomic mass is 16.6. The van der Waals surface area contributed by atoms with Gasteiger partial charge >= 0.3 is 0 Å². The maximum absolute atomic E-state index is 11.7. The minimum absolute atomic E-state index is 0.0267. The number of aromatic nitrogens is 1. The van der Waals surface area contributed by atoms with E-state index in [-0.39, 0.29) is 11.6 Å². The van der Waals surface area contributed by atoms with E-state index < -0.39 is 4.92 Å². The Bertz CT molecular complexity index is 644. The van der Waals surface area contributed by atoms with E-state index >= 15 is 0 Å². The molecule has 23 heavy (non-hydrogen) atoms. The molecule has 1 amide bonds. The van der Waals surface area contributed by atoms with Crippen LogP contribution in [0.3, 0.4) is 0 Å². The summed E-state index contributed by atoms with van der Waals surface area (Å²) in [5.41, 5.74) is 1.68. The molecule has 1 aromatic heterocycles. The largest absolute Gasteiger partial charge is 0.385 e. The number of pyridine rings is 1. The van der Waals surface area contributed by atoms with Crippen molar-refractivity contribution >= 4 is 17.3 Å². The van der Waals surface area contributed by atoms with E-state index in [2.05, 4.69) is 15.6 Å². The minimum atomic E-state index is -0.435. The first-order valence-corrected chi connectivity index (χ1v) is 7.30. The zero-order valence-electron chi connectivity index (χ0n) is 12.6. The molecule has 0 aliphatic carbocycles. The van der Waals surface area contributed by atoms with Gasteiger partial charge in [-0.3, -0.25) is 19.9 Å². The summed E-state index contributed by atoms with van der Waals surface area (Å²) in [5.74, 6) is -0.0267. The Labute approximate surface area is 133 Å². The van der Waals surface area contributed by atoms with E-state index in [9.17, 15) is 14.9 Å². The number of non-ortho nitro benzene ring substituents is 1. The molecular weight excluding hydrogens is 296 g/mol. The van der Waals surface area contributed by atoms with E-state index in [1.165, 1.54) is 12.1 Å². The first-order chi connectivity index (χ1) is 11.1. The van der Waals surface area contributed by atoms with Crippen molar-refractivity contribution < 1.29 is 9.72 Å². The van der Waals surface area contributed by atoms with Gasteiger partial charge in [-0.15, -0.1) is 0 Å². The second-order valence-corrected chi connectivity index (χ2v) is 4.93. The van der Waals surface area contributed by atoms with Crippen LogP contribution in [-0.4, -0.2) is 22.4 Å². The molecule has 1 aromatic carbocycles. The normalized spacial score (nSPS) is 10.1. The fraction of sp³-hybridized carbons (Fsp3) is 0.250. The third kappa shape index (κ3) is 5.74. The third-order valence-corrected chi connectivity index (χ3v) is 3.18. The highest BCUT2D eigenvalue weighted by molar-refractivity contribution is 5.75. The summed E-state index contributed by atoms with van der Waals surface area (Å²) in [6.45, 7) is 1.05. The molecule has 0 unspecified atom stereocenters. The van der Waals surface area contributed by atoms with Crippen LogP contribution in [-0.2, 0) is 11.3 Å². The van der Waals surface area contributed by atoms with Crippen LogP contribution in [0.25, 0.3) is 0 Å². The second-order valence-electron chi connectivity index (χ2n) is 4.93. The van der Waals surface area contributed by atoms with E-state index in [4.69, 9.17) is 0 Å². The molecule has 7 nitrogen and oxygen atoms in total. The highest BCUT2D eigenvalue weighted by Crippen LogP contribution is 2.15. The van der Waals surface area contributed by atoms with Gasteiger partial charge in [0.2, 0.25) is 5.91 Å². The Morgan fingerprint density at radius 2 is 1.96 bits per heavy atom. The van der Waals surface area contributed by atoms with Gasteiger partial charge in [-0.25, -0.2) is 0 Å². The lowest BCUT2D eigenvalue weighted by atomic mass is 10.2. The maximum atomic E-state index is 11.7. The Hall–Kier alpha value is -2.96. The van der Waals surface area contributed by atoms with Gasteiger partial charge in [-0.05, 0) is 30.7 Å². The summed E-state index contributed by atoms with van der Waals surface area (Å²) in [6.07, 6.45) is 2.77. The molecule has 0 radical (unpaired) electrons. The standard InChI is InChI=1S/C16H18N4O3/c21-16(19-12-14-4-1-2-10-18-14)5-3-11-17-13-6-8-15(9-7-13)20(22)23/h1-2,4,6-10,17H,3,5,11-12H2,(H,19,21). The molecule has 0 aliphatic rings. The zero-order chi connectivity index (χ0) is 16.5. The number of hydrogen-bond acceptors (Lipinski definition) is 5. The number of nitro benzene ring substituents is 1. The van der Waals surface area contributed by atoms with Crippen LogP contribution in [0.2, 0.25) is 0 Å². The Morgan fingerprint density at radius 1 is 1.17 bits per heavy atom. The molecule has 0 bridgehead atoms. The Morgan fingerprint density at radius 3 is 2.61 bits per heavy atom. The molecule has 0 aliphatic heterocycles. The van der Waals surface area contributed by atoms with E-state index in [0.717, 1.165) is 11.4 Å². The summed E-state index contributed by atoms with van der Waals surface area (Å²) in [7, 11) is 0. The second kappa shape index (κ2) is 8.47. The van der Waals surface area contributed by atoms with Gasteiger partial charge in [-0.2, -0.15) is 0 Å². The predicted molar refractivity (Wildman–Crippen MR) is 86.9 cm³/mol. The van der Waals surface area contributed by atoms with Gasteiger partial charge < -0.3 is 10.6 Å². The summed E-state index contributed by atoms with van der Waals surface area (Å²) in [4.78, 5) is 26.0. The highest BCUT2D eigenvalue weighted by Gasteiger charge is 2.04. The predicted octanol–water partition coefficient (Wildman–Crippen LogP) is 2.50. The quantitative estimate of drug-likeness (QED) is 0.443. The van der Waals surface area contributed by atoms with Crippen molar-refractivity contribution in [2.75, 3.05) is 11.9 Å². The van der Waals surface area contributed by atoms with Crippen LogP contribution in [0.1, 0.15) is 18.5 Å². The number of nitro groups is 1. The molecule has 1 heterocycles. The number of anilines is 1. The van der Waals surface area contributed by atoms with Crippen LogP contribution < -0.4 is 10.6 Å². The molecule has 0 saturated heterocycles. The van der Waals surface area contributed by atoms with E-state index in [0.29, 0.717) is 25.9 Å². The summed E-state index contributed by atoms with van der Waals surface area (Å²) >= 11 is 0. The van der Waals surface area contributed by atoms with Gasteiger partial charge in [-0.1, -0.05) is 6.07 Å². The molecule has 2 rings (SSSR count). The molecule has 7 heteroatoms. The van der Waals surface area contributed by atoms with Crippen molar-refractivity contribution in [3.63, 3.8) is 0 Å². The Kier molecular flexibility index (Phi) is 6.05. The first-order valence-electron chi connectivity index (χ1n) is 7.30. The lowest BCUT2D eigenvalue weighted by molar-refractivity contribution is -0.384. The Balaban J connectivity index is 1.63. The minimum Gasteiger partial charge on any atom is -0.385 e. The average molecular weight is 314 g/mol. The number of carbonyl (C=O) groups is 1. The number of hydrogen-bond donors (Lipinski definition) is 2. The SMILES string of the molecule is O=C(CCCNc1ccc([N+](=O)[O-])cc1)NCc1ccccn1. The van der Waals surface area contributed by atoms with Crippen molar-refractivity contribution in [3.05, 3.63) is 64.5 Å². The van der Waals surface area contributed by atoms with Crippen molar-refractivity contribution in [2.45, 2.75) is 19.4 Å². The summed E-state index contributed by atoms with van der Waals surface area (Å²) in [5, 5.41) is 16.5. The van der Waals surface area contributed by atoms with Crippen LogP contribution in [0.5, 0.6) is 0 Å². The van der Waals surface area contributed by atoms with Crippen molar-refractivity contribution in [2.24, 2.45) is 0 Å². The number of amides is 1. The molecular formula is C16H18N4O3. The number of carbonyl (C=O) groups excluding carboxylic acids is 1. The van der Waals surface area contributed by atoms with Crippen molar-refractivity contribution in [1.82, 2.24) is 10.3 Å². The smallest absolute Gasteiger partial charge is 0.269 e. The van der Waals surface area contributed by atoms with Crippen LogP contribution in [0, 0.1) is 10.1 Å². The number of nitrogens with one attached hydrogen (secondary N) is 2. The first kappa shape index (κ1) is 16.4. The zero-order valence-corrected chi connectivity index (χ0v) is 12.6. The fourth-order valence-corrected chi connectivity index (χ4v) is 1.96. The number of benzene rings is 1. The molecule has 0 fully saturated rings. The lowest BCUT2D eigenvalue weighted by Crippen LogP contribution is -2.23. The van der Waals surface area contributed by atoms with Gasteiger partial charge in [0.1, 0.15) is 0 Å². The number of nitrogens with zero attached hydrogens (tertiary/aromatic N) is 2. The van der Waals surface area contributed by atoms with E-state index in [1.54, 1.807) is 18.3 Å². The monoisotopic (exact) mass is 314 g/mol. The molecule has 2 aromatic rings. The van der Waals surface area contributed by atoms with Gasteiger partial charge in [0, 0.05) is 37.0 Å². The van der Waals surface area contributed by atoms with Crippen LogP contribution in [0.15, 0.2) is 48.7 Å². The van der Waals surface area contributed by atoms with Gasteiger partial charge in [0.25, 0.3) is 5.69 Å². The van der Waals surface area contributed by atoms with Crippen molar-refractivity contribution in [3.8, 4) is 0 Å². The van der Waals surface area contributed by atoms with Gasteiger partial charge in [0.15, 0.2) is 0 Å². The summed E-state index contributed by atoms with van der Waals surface area (Å²) < 4.78 is 0. The topological polar surface area (TPSA) is 97.2 Å². The van der Waals surface area contributed by atoms with E-state index in [1.807, 2.05) is 18.2 Å². The van der Waals surface area contributed by atoms with Crippen LogP contribution >= 0.6 is 0 Å². The van der Waals surface area contributed by atoms with Gasteiger partial charge in [0.05, 0.1) is 17.2 Å². The third-order valence-electron chi connectivity index (χ3n) is 3.18. The van der Waals surface area contributed by atoms with Crippen molar-refractivity contribution in [1.29, 1.82) is 0 Å². The molecule has 120 valence electrons. The fourth-order valence-electron chi connectivity index (χ4n) is 1.96.